The second-order valence-corrected chi connectivity index (χ2v) is 6.05. The molecule has 3 rings (SSSR count). The van der Waals surface area contributed by atoms with Gasteiger partial charge in [0.2, 0.25) is 0 Å². The van der Waals surface area contributed by atoms with Gasteiger partial charge in [0.15, 0.2) is 0 Å². The number of rotatable bonds is 5. The minimum absolute atomic E-state index is 0.490. The predicted molar refractivity (Wildman–Crippen MR) is 91.9 cm³/mol. The summed E-state index contributed by atoms with van der Waals surface area (Å²) in [6, 6.07) is 16.8. The maximum atomic E-state index is 6.13. The maximum Gasteiger partial charge on any atom is 0.142 e. The van der Waals surface area contributed by atoms with Crippen molar-refractivity contribution in [1.82, 2.24) is 5.32 Å². The molecule has 3 nitrogen and oxygen atoms in total. The standard InChI is InChI=1S/C18H21ClN2O/c1-22-18-8-7-15(19)11-17(18)21-10-9-16(13-21)20-12-14-5-3-2-4-6-14/h2-8,11,16,20H,9-10,12-13H2,1H3. The van der Waals surface area contributed by atoms with Crippen LogP contribution in [0.25, 0.3) is 0 Å². The van der Waals surface area contributed by atoms with Crippen molar-refractivity contribution in [3.8, 4) is 5.75 Å². The lowest BCUT2D eigenvalue weighted by Crippen LogP contribution is -2.32. The SMILES string of the molecule is COc1ccc(Cl)cc1N1CCC(NCc2ccccc2)C1. The third-order valence-electron chi connectivity index (χ3n) is 4.11. The molecule has 0 saturated carbocycles. The summed E-state index contributed by atoms with van der Waals surface area (Å²) in [4.78, 5) is 2.34. The van der Waals surface area contributed by atoms with E-state index in [1.807, 2.05) is 24.3 Å². The number of hydrogen-bond acceptors (Lipinski definition) is 3. The normalized spacial score (nSPS) is 17.7. The Morgan fingerprint density at radius 2 is 2.05 bits per heavy atom. The summed E-state index contributed by atoms with van der Waals surface area (Å²) in [6.45, 7) is 2.90. The molecule has 0 amide bonds. The van der Waals surface area contributed by atoms with Gasteiger partial charge in [0.1, 0.15) is 5.75 Å². The van der Waals surface area contributed by atoms with Gasteiger partial charge in [0.05, 0.1) is 12.8 Å². The van der Waals surface area contributed by atoms with Gasteiger partial charge in [-0.15, -0.1) is 0 Å². The molecule has 2 aromatic rings. The molecule has 1 unspecified atom stereocenters. The van der Waals surface area contributed by atoms with Crippen molar-refractivity contribution < 1.29 is 4.74 Å². The van der Waals surface area contributed by atoms with Crippen molar-refractivity contribution in [2.45, 2.75) is 19.0 Å². The van der Waals surface area contributed by atoms with E-state index < -0.39 is 0 Å². The molecule has 0 radical (unpaired) electrons. The fourth-order valence-corrected chi connectivity index (χ4v) is 3.08. The van der Waals surface area contributed by atoms with Crippen LogP contribution < -0.4 is 15.0 Å². The quantitative estimate of drug-likeness (QED) is 0.910. The lowest BCUT2D eigenvalue weighted by molar-refractivity contribution is 0.414. The van der Waals surface area contributed by atoms with Crippen LogP contribution in [0.2, 0.25) is 5.02 Å². The van der Waals surface area contributed by atoms with Crippen molar-refractivity contribution in [2.75, 3.05) is 25.1 Å². The topological polar surface area (TPSA) is 24.5 Å². The fourth-order valence-electron chi connectivity index (χ4n) is 2.91. The third-order valence-corrected chi connectivity index (χ3v) is 4.34. The Balaban J connectivity index is 1.61. The van der Waals surface area contributed by atoms with Gasteiger partial charge in [-0.3, -0.25) is 0 Å². The Hall–Kier alpha value is -1.71. The number of methoxy groups -OCH3 is 1. The Morgan fingerprint density at radius 1 is 1.23 bits per heavy atom. The Bertz CT molecular complexity index is 618. The second-order valence-electron chi connectivity index (χ2n) is 5.61. The molecule has 116 valence electrons. The number of nitrogens with zero attached hydrogens (tertiary/aromatic N) is 1. The summed E-state index contributed by atoms with van der Waals surface area (Å²) < 4.78 is 5.46. The first kappa shape index (κ1) is 15.2. The first-order chi connectivity index (χ1) is 10.8. The number of hydrogen-bond donors (Lipinski definition) is 1. The highest BCUT2D eigenvalue weighted by atomic mass is 35.5. The minimum atomic E-state index is 0.490. The molecular formula is C18H21ClN2O. The van der Waals surface area contributed by atoms with Crippen molar-refractivity contribution in [2.24, 2.45) is 0 Å². The molecule has 2 aromatic carbocycles. The molecule has 1 fully saturated rings. The van der Waals surface area contributed by atoms with Crippen molar-refractivity contribution in [3.05, 3.63) is 59.1 Å². The van der Waals surface area contributed by atoms with Gasteiger partial charge in [0, 0.05) is 30.7 Å². The molecule has 1 atom stereocenters. The molecule has 0 aliphatic carbocycles. The molecule has 0 spiro atoms. The maximum absolute atomic E-state index is 6.13. The Morgan fingerprint density at radius 3 is 2.82 bits per heavy atom. The molecule has 22 heavy (non-hydrogen) atoms. The first-order valence-corrected chi connectivity index (χ1v) is 8.00. The first-order valence-electron chi connectivity index (χ1n) is 7.62. The van der Waals surface area contributed by atoms with E-state index in [9.17, 15) is 0 Å². The molecule has 0 bridgehead atoms. The van der Waals surface area contributed by atoms with Crippen LogP contribution in [0.3, 0.4) is 0 Å². The van der Waals surface area contributed by atoms with Gasteiger partial charge in [0.25, 0.3) is 0 Å². The van der Waals surface area contributed by atoms with Crippen LogP contribution in [0.15, 0.2) is 48.5 Å². The number of benzene rings is 2. The van der Waals surface area contributed by atoms with Crippen LogP contribution in [0.5, 0.6) is 5.75 Å². The average Bonchev–Trinajstić information content (AvgIpc) is 3.03. The molecule has 1 heterocycles. The summed E-state index contributed by atoms with van der Waals surface area (Å²) in [7, 11) is 1.70. The Labute approximate surface area is 136 Å². The zero-order valence-corrected chi connectivity index (χ0v) is 13.5. The van der Waals surface area contributed by atoms with E-state index in [0.29, 0.717) is 6.04 Å². The molecule has 0 aromatic heterocycles. The molecule has 1 saturated heterocycles. The van der Waals surface area contributed by atoms with Gasteiger partial charge >= 0.3 is 0 Å². The van der Waals surface area contributed by atoms with E-state index in [-0.39, 0.29) is 0 Å². The number of ether oxygens (including phenoxy) is 1. The highest BCUT2D eigenvalue weighted by Gasteiger charge is 2.24. The van der Waals surface area contributed by atoms with E-state index in [4.69, 9.17) is 16.3 Å². The van der Waals surface area contributed by atoms with Crippen LogP contribution in [0, 0.1) is 0 Å². The Kier molecular flexibility index (Phi) is 4.86. The van der Waals surface area contributed by atoms with E-state index in [1.54, 1.807) is 7.11 Å². The van der Waals surface area contributed by atoms with Crippen LogP contribution in [-0.2, 0) is 6.54 Å². The highest BCUT2D eigenvalue weighted by Crippen LogP contribution is 2.33. The smallest absolute Gasteiger partial charge is 0.142 e. The minimum Gasteiger partial charge on any atom is -0.495 e. The summed E-state index contributed by atoms with van der Waals surface area (Å²) in [5, 5.41) is 4.38. The van der Waals surface area contributed by atoms with Crippen LogP contribution in [0.4, 0.5) is 5.69 Å². The summed E-state index contributed by atoms with van der Waals surface area (Å²) >= 11 is 6.13. The largest absolute Gasteiger partial charge is 0.495 e. The van der Waals surface area contributed by atoms with Crippen LogP contribution in [-0.4, -0.2) is 26.2 Å². The van der Waals surface area contributed by atoms with Crippen molar-refractivity contribution >= 4 is 17.3 Å². The van der Waals surface area contributed by atoms with Crippen molar-refractivity contribution in [1.29, 1.82) is 0 Å². The summed E-state index contributed by atoms with van der Waals surface area (Å²) in [6.07, 6.45) is 1.13. The average molecular weight is 317 g/mol. The van der Waals surface area contributed by atoms with E-state index >= 15 is 0 Å². The summed E-state index contributed by atoms with van der Waals surface area (Å²) in [5.74, 6) is 0.883. The molecule has 1 N–H and O–H groups in total. The zero-order chi connectivity index (χ0) is 15.4. The monoisotopic (exact) mass is 316 g/mol. The number of nitrogens with one attached hydrogen (secondary N) is 1. The van der Waals surface area contributed by atoms with Gasteiger partial charge in [-0.05, 0) is 30.2 Å². The second kappa shape index (κ2) is 7.03. The lowest BCUT2D eigenvalue weighted by atomic mass is 10.2. The fraction of sp³-hybridized carbons (Fsp3) is 0.333. The van der Waals surface area contributed by atoms with Crippen molar-refractivity contribution in [3.63, 3.8) is 0 Å². The number of anilines is 1. The van der Waals surface area contributed by atoms with E-state index in [0.717, 1.165) is 42.5 Å². The van der Waals surface area contributed by atoms with Gasteiger partial charge in [-0.25, -0.2) is 0 Å². The van der Waals surface area contributed by atoms with Crippen LogP contribution >= 0.6 is 11.6 Å². The van der Waals surface area contributed by atoms with Gasteiger partial charge < -0.3 is 15.0 Å². The molecular weight excluding hydrogens is 296 g/mol. The predicted octanol–water partition coefficient (Wildman–Crippen LogP) is 3.72. The van der Waals surface area contributed by atoms with Gasteiger partial charge in [-0.2, -0.15) is 0 Å². The van der Waals surface area contributed by atoms with E-state index in [2.05, 4.69) is 34.5 Å². The lowest BCUT2D eigenvalue weighted by Gasteiger charge is -2.22. The van der Waals surface area contributed by atoms with Crippen LogP contribution in [0.1, 0.15) is 12.0 Å². The number of halogens is 1. The third kappa shape index (κ3) is 3.54. The molecule has 1 aliphatic heterocycles. The van der Waals surface area contributed by atoms with E-state index in [1.165, 1.54) is 5.56 Å². The summed E-state index contributed by atoms with van der Waals surface area (Å²) in [5.41, 5.74) is 2.40. The molecule has 1 aliphatic rings. The molecule has 4 heteroatoms. The highest BCUT2D eigenvalue weighted by molar-refractivity contribution is 6.30. The zero-order valence-electron chi connectivity index (χ0n) is 12.8. The van der Waals surface area contributed by atoms with Gasteiger partial charge in [-0.1, -0.05) is 41.9 Å².